The number of piperidine rings is 6. The molecule has 0 spiro atoms. The summed E-state index contributed by atoms with van der Waals surface area (Å²) >= 11 is 2.88. The number of likely N-dealkylation sites (tertiary alicyclic amines) is 4. The molecule has 14 rings (SSSR count). The van der Waals surface area contributed by atoms with Gasteiger partial charge < -0.3 is 80.6 Å². The van der Waals surface area contributed by atoms with Crippen molar-refractivity contribution < 1.29 is 95.8 Å². The minimum atomic E-state index is -4.79. The van der Waals surface area contributed by atoms with Gasteiger partial charge in [-0.1, -0.05) is 114 Å². The van der Waals surface area contributed by atoms with Crippen molar-refractivity contribution in [2.45, 2.75) is 203 Å². The number of nitrogens with zero attached hydrogens (tertiary/aromatic N) is 6. The standard InChI is InChI=1S/2C32H36F3N3O5S.2C11H15NO2.2CH4/c1-3-8-26-31(43-22-19-21(2)44-20-22,12-7-16-38(26)28(40)27-24(32(33,34)35)10-6-15-36-27)29(41)37-17-13-30(42,14-18-37)23-9-4-5-11-25(23)39;1-3-7-27-31(43-22-18-21(2)44-20-22,11-6-15-38(27)28(40)23-19-36-14-10-24(23)32(33,34)35)29(41)37-16-12-30(42,13-17-37)25-8-4-5-9-26(25)39;2*13-10-4-2-1-3-9(10)11(14)5-7-12-8-6-11;;/h4-6,9-11,15,19-20,26,39,42H,3,7-8,12-14,16-18H2,1-2H3;4-5,8-10,14,18-20,27,39,42H,3,6-7,11-13,15-17H2,1-2H3;2*1-4,12-14H,5-8H2;2*1H4/t26-,31+;27-,31+;;;;/m11..../s1. The van der Waals surface area contributed by atoms with Crippen LogP contribution in [0.15, 0.2) is 157 Å². The molecule has 30 heteroatoms. The Hall–Kier alpha value is -9.40. The van der Waals surface area contributed by atoms with Gasteiger partial charge in [-0.15, -0.1) is 22.7 Å². The molecule has 0 unspecified atom stereocenters. The molecule has 4 aromatic carbocycles. The number of amides is 4. The first-order valence-electron chi connectivity index (χ1n) is 39.4. The number of phenols is 4. The van der Waals surface area contributed by atoms with Gasteiger partial charge in [0, 0.05) is 113 Å². The van der Waals surface area contributed by atoms with E-state index in [-0.39, 0.29) is 127 Å². The molecule has 4 aromatic heterocycles. The summed E-state index contributed by atoms with van der Waals surface area (Å²) in [6, 6.07) is 31.8. The number of para-hydroxylation sites is 4. The summed E-state index contributed by atoms with van der Waals surface area (Å²) in [5.74, 6) is -1.27. The molecule has 0 aliphatic carbocycles. The first kappa shape index (κ1) is 92.5. The number of hydrogen-bond donors (Lipinski definition) is 10. The number of aromatic nitrogens is 2. The molecule has 6 aliphatic rings. The minimum Gasteiger partial charge on any atom is -0.508 e. The summed E-state index contributed by atoms with van der Waals surface area (Å²) in [5.41, 5.74) is -8.92. The smallest absolute Gasteiger partial charge is 0.418 e. The number of hydrogen-bond acceptors (Lipinski definition) is 20. The predicted octanol–water partition coefficient (Wildman–Crippen LogP) is 15.0. The number of pyridine rings is 2. The van der Waals surface area contributed by atoms with Crippen molar-refractivity contribution in [3.8, 4) is 34.5 Å². The maximum absolute atomic E-state index is 14.7. The maximum Gasteiger partial charge on any atom is 0.418 e. The average Bonchev–Trinajstić information content (AvgIpc) is 1.67. The molecular formula is C88H110F6N8O14S2. The Morgan fingerprint density at radius 1 is 0.475 bits per heavy atom. The molecule has 0 bridgehead atoms. The van der Waals surface area contributed by atoms with E-state index in [9.17, 15) is 86.4 Å². The Balaban J connectivity index is 0.000000200. The maximum atomic E-state index is 14.7. The van der Waals surface area contributed by atoms with E-state index in [4.69, 9.17) is 9.47 Å². The van der Waals surface area contributed by atoms with Crippen molar-refractivity contribution in [2.75, 3.05) is 65.4 Å². The lowest BCUT2D eigenvalue weighted by atomic mass is 9.78. The number of thiophene rings is 2. The van der Waals surface area contributed by atoms with Crippen molar-refractivity contribution in [3.05, 3.63) is 211 Å². The third kappa shape index (κ3) is 20.5. The summed E-state index contributed by atoms with van der Waals surface area (Å²) in [6.07, 6.45) is -0.311. The van der Waals surface area contributed by atoms with E-state index in [1.54, 1.807) is 105 Å². The zero-order valence-electron chi connectivity index (χ0n) is 65.3. The number of alkyl halides is 6. The number of nitrogens with one attached hydrogen (secondary N) is 2. The molecule has 118 heavy (non-hydrogen) atoms. The minimum absolute atomic E-state index is 0. The largest absolute Gasteiger partial charge is 0.508 e. The quantitative estimate of drug-likeness (QED) is 0.0402. The van der Waals surface area contributed by atoms with Gasteiger partial charge in [0.05, 0.1) is 51.2 Å². The van der Waals surface area contributed by atoms with E-state index < -0.39 is 92.2 Å². The summed E-state index contributed by atoms with van der Waals surface area (Å²) in [4.78, 5) is 72.6. The monoisotopic (exact) mass is 1680 g/mol. The lowest BCUT2D eigenvalue weighted by molar-refractivity contribution is -0.164. The fourth-order valence-electron chi connectivity index (χ4n) is 17.0. The predicted molar refractivity (Wildman–Crippen MR) is 439 cm³/mol. The molecule has 0 saturated carbocycles. The molecule has 640 valence electrons. The Kier molecular flexibility index (Phi) is 30.7. The third-order valence-corrected chi connectivity index (χ3v) is 24.7. The molecular weight excluding hydrogens is 1570 g/mol. The van der Waals surface area contributed by atoms with E-state index in [0.717, 1.165) is 72.7 Å². The number of rotatable bonds is 16. The van der Waals surface area contributed by atoms with Gasteiger partial charge in [-0.3, -0.25) is 29.1 Å². The SMILES string of the molecule is C.C.CCC[C@H]1N(C(=O)c2cnccc2C(F)(F)F)CCC[C@@]1(Oc1csc(C)c1)C(=O)N1CCC(O)(c2ccccc2O)CC1.CCC[C@H]1N(C(=O)c2ncccc2C(F)(F)F)CCC[C@@]1(Oc1csc(C)c1)C(=O)N1CCC(O)(c2ccccc2O)CC1.Oc1ccccc1C1(O)CCNCC1.Oc1ccccc1C1(O)CCNCC1. The second-order valence-electron chi connectivity index (χ2n) is 30.7. The van der Waals surface area contributed by atoms with Crippen molar-refractivity contribution in [3.63, 3.8) is 0 Å². The molecule has 6 saturated heterocycles. The molecule has 4 atom stereocenters. The molecule has 6 aliphatic heterocycles. The fraction of sp³-hybridized carbons (Fsp3) is 0.477. The van der Waals surface area contributed by atoms with Crippen molar-refractivity contribution in [1.82, 2.24) is 40.2 Å². The van der Waals surface area contributed by atoms with Crippen molar-refractivity contribution in [1.29, 1.82) is 0 Å². The molecule has 8 aromatic rings. The molecule has 6 fully saturated rings. The Morgan fingerprint density at radius 2 is 0.831 bits per heavy atom. The van der Waals surface area contributed by atoms with Crippen LogP contribution in [0.2, 0.25) is 0 Å². The Labute approximate surface area is 693 Å². The van der Waals surface area contributed by atoms with Crippen LogP contribution in [0.5, 0.6) is 34.5 Å². The van der Waals surface area contributed by atoms with Crippen molar-refractivity contribution >= 4 is 46.3 Å². The summed E-state index contributed by atoms with van der Waals surface area (Å²) in [5, 5.41) is 93.5. The third-order valence-electron chi connectivity index (χ3n) is 23.0. The number of aliphatic hydroxyl groups is 4. The number of phenolic OH excluding ortho intramolecular Hbond substituents is 4. The molecule has 22 nitrogen and oxygen atoms in total. The summed E-state index contributed by atoms with van der Waals surface area (Å²) in [6.45, 7) is 11.7. The fourth-order valence-corrected chi connectivity index (χ4v) is 18.2. The number of carbonyl (C=O) groups is 4. The number of ether oxygens (including phenoxy) is 2. The highest BCUT2D eigenvalue weighted by atomic mass is 32.1. The first-order valence-corrected chi connectivity index (χ1v) is 41.2. The summed E-state index contributed by atoms with van der Waals surface area (Å²) in [7, 11) is 0. The Bertz CT molecular complexity index is 4380. The van der Waals surface area contributed by atoms with Crippen LogP contribution < -0.4 is 20.1 Å². The van der Waals surface area contributed by atoms with Gasteiger partial charge in [-0.25, -0.2) is 0 Å². The number of halogens is 6. The van der Waals surface area contributed by atoms with Gasteiger partial charge in [0.15, 0.2) is 0 Å². The van der Waals surface area contributed by atoms with Gasteiger partial charge in [-0.2, -0.15) is 26.3 Å². The molecule has 4 amide bonds. The molecule has 0 radical (unpaired) electrons. The highest BCUT2D eigenvalue weighted by molar-refractivity contribution is 7.10. The van der Waals surface area contributed by atoms with E-state index in [1.807, 2.05) is 39.8 Å². The van der Waals surface area contributed by atoms with Crippen LogP contribution in [0.1, 0.15) is 195 Å². The highest BCUT2D eigenvalue weighted by Crippen LogP contribution is 2.47. The second-order valence-corrected chi connectivity index (χ2v) is 32.9. The second kappa shape index (κ2) is 39.2. The van der Waals surface area contributed by atoms with Crippen molar-refractivity contribution in [2.24, 2.45) is 0 Å². The molecule has 10 heterocycles. The van der Waals surface area contributed by atoms with Gasteiger partial charge in [0.25, 0.3) is 23.6 Å². The van der Waals surface area contributed by atoms with E-state index in [0.29, 0.717) is 98.0 Å². The van der Waals surface area contributed by atoms with Crippen LogP contribution in [-0.2, 0) is 44.3 Å². The van der Waals surface area contributed by atoms with Gasteiger partial charge >= 0.3 is 12.4 Å². The van der Waals surface area contributed by atoms with Crippen LogP contribution in [-0.4, -0.2) is 183 Å². The van der Waals surface area contributed by atoms with E-state index in [1.165, 1.54) is 44.6 Å². The van der Waals surface area contributed by atoms with E-state index >= 15 is 0 Å². The van der Waals surface area contributed by atoms with Gasteiger partial charge in [-0.05, 0) is 172 Å². The number of aryl methyl sites for hydroxylation is 2. The highest BCUT2D eigenvalue weighted by Gasteiger charge is 2.59. The number of carbonyl (C=O) groups excluding carboxylic acids is 4. The van der Waals surface area contributed by atoms with Crippen LogP contribution >= 0.6 is 22.7 Å². The zero-order chi connectivity index (χ0) is 83.4. The normalized spacial score (nSPS) is 21.4. The molecule has 10 N–H and O–H groups in total. The van der Waals surface area contributed by atoms with Crippen LogP contribution in [0.3, 0.4) is 0 Å². The average molecular weight is 1680 g/mol. The summed E-state index contributed by atoms with van der Waals surface area (Å²) < 4.78 is 96.7. The van der Waals surface area contributed by atoms with Crippen LogP contribution in [0, 0.1) is 13.8 Å². The first-order chi connectivity index (χ1) is 55.2. The van der Waals surface area contributed by atoms with Crippen LogP contribution in [0.25, 0.3) is 0 Å². The zero-order valence-corrected chi connectivity index (χ0v) is 67.0. The number of aromatic hydroxyl groups is 4. The lowest BCUT2D eigenvalue weighted by Crippen LogP contribution is -2.68. The number of benzene rings is 4. The topological polar surface area (TPSA) is 311 Å². The van der Waals surface area contributed by atoms with Gasteiger partial charge in [0.2, 0.25) is 11.2 Å². The lowest BCUT2D eigenvalue weighted by Gasteiger charge is -2.51. The Morgan fingerprint density at radius 3 is 1.17 bits per heavy atom. The van der Waals surface area contributed by atoms with Gasteiger partial charge in [0.1, 0.15) is 40.2 Å². The van der Waals surface area contributed by atoms with E-state index in [2.05, 4.69) is 20.6 Å². The van der Waals surface area contributed by atoms with Crippen LogP contribution in [0.4, 0.5) is 26.3 Å².